The first-order valence-electron chi connectivity index (χ1n) is 14.2. The molecule has 0 radical (unpaired) electrons. The molecule has 2 rings (SSSR count). The van der Waals surface area contributed by atoms with Crippen molar-refractivity contribution >= 4 is 11.8 Å². The lowest BCUT2D eigenvalue weighted by atomic mass is 9.74. The summed E-state index contributed by atoms with van der Waals surface area (Å²) in [5.74, 6) is -1.44. The Bertz CT molecular complexity index is 823. The van der Waals surface area contributed by atoms with Gasteiger partial charge in [-0.1, -0.05) is 13.8 Å². The molecule has 0 bridgehead atoms. The monoisotopic (exact) mass is 557 g/mol. The molecule has 0 aromatic carbocycles. The summed E-state index contributed by atoms with van der Waals surface area (Å²) in [6.45, 7) is 12.7. The van der Waals surface area contributed by atoms with Crippen molar-refractivity contribution in [2.45, 2.75) is 96.7 Å². The molecular weight excluding hydrogens is 502 g/mol. The fourth-order valence-electron chi connectivity index (χ4n) is 6.20. The minimum atomic E-state index is -1.40. The highest BCUT2D eigenvalue weighted by atomic mass is 16.7. The van der Waals surface area contributed by atoms with Crippen LogP contribution in [0.4, 0.5) is 0 Å². The number of ether oxygens (including phenoxy) is 4. The molecule has 0 aromatic heterocycles. The molecule has 0 saturated carbocycles. The SMILES string of the molecule is CO[C@]1(C)C[C@@H](C)CN(C)[C@@H](CN(C)C)COC(=O)C(C)(C)C(=O)[C@H](C)[C@H]1O[C@@H]1O[C@H](C)C[C@H](N(C)C)[C@H]1O. The van der Waals surface area contributed by atoms with Crippen LogP contribution in [0.3, 0.4) is 0 Å². The average molecular weight is 558 g/mol. The molecule has 2 aliphatic rings. The van der Waals surface area contributed by atoms with E-state index >= 15 is 0 Å². The molecule has 10 nitrogen and oxygen atoms in total. The van der Waals surface area contributed by atoms with Crippen molar-refractivity contribution in [3.05, 3.63) is 0 Å². The van der Waals surface area contributed by atoms with Gasteiger partial charge in [-0.2, -0.15) is 0 Å². The number of aliphatic hydroxyl groups is 1. The first kappa shape index (κ1) is 34.1. The number of aliphatic hydroxyl groups excluding tert-OH is 1. The summed E-state index contributed by atoms with van der Waals surface area (Å²) < 4.78 is 24.6. The van der Waals surface area contributed by atoms with Gasteiger partial charge in [0.2, 0.25) is 0 Å². The van der Waals surface area contributed by atoms with Crippen molar-refractivity contribution in [3.8, 4) is 0 Å². The maximum absolute atomic E-state index is 14.0. The quantitative estimate of drug-likeness (QED) is 0.385. The summed E-state index contributed by atoms with van der Waals surface area (Å²) in [7, 11) is 11.5. The number of Topliss-reactive ketones (excluding diaryl/α,β-unsaturated/α-hetero) is 1. The Morgan fingerprint density at radius 1 is 1.10 bits per heavy atom. The van der Waals surface area contributed by atoms with Gasteiger partial charge in [0, 0.05) is 32.2 Å². The second-order valence-corrected chi connectivity index (χ2v) is 13.2. The van der Waals surface area contributed by atoms with E-state index in [1.165, 1.54) is 0 Å². The van der Waals surface area contributed by atoms with Crippen LogP contribution in [-0.2, 0) is 28.5 Å². The van der Waals surface area contributed by atoms with Gasteiger partial charge in [0.25, 0.3) is 0 Å². The topological polar surface area (TPSA) is 101 Å². The van der Waals surface area contributed by atoms with Crippen LogP contribution >= 0.6 is 0 Å². The minimum absolute atomic E-state index is 0.0356. The van der Waals surface area contributed by atoms with E-state index in [1.807, 2.05) is 54.0 Å². The molecule has 10 heteroatoms. The number of esters is 1. The number of rotatable bonds is 6. The molecule has 2 heterocycles. The predicted molar refractivity (Wildman–Crippen MR) is 150 cm³/mol. The number of hydrogen-bond donors (Lipinski definition) is 1. The maximum Gasteiger partial charge on any atom is 0.319 e. The summed E-state index contributed by atoms with van der Waals surface area (Å²) in [4.78, 5) is 33.6. The van der Waals surface area contributed by atoms with E-state index in [0.717, 1.165) is 6.54 Å². The number of methoxy groups -OCH3 is 1. The van der Waals surface area contributed by atoms with Crippen molar-refractivity contribution in [3.63, 3.8) is 0 Å². The van der Waals surface area contributed by atoms with Crippen LogP contribution in [0.2, 0.25) is 0 Å². The summed E-state index contributed by atoms with van der Waals surface area (Å²) in [5.41, 5.74) is -2.31. The Kier molecular flexibility index (Phi) is 11.9. The van der Waals surface area contributed by atoms with Gasteiger partial charge < -0.3 is 33.9 Å². The van der Waals surface area contributed by atoms with Crippen molar-refractivity contribution in [2.24, 2.45) is 17.3 Å². The van der Waals surface area contributed by atoms with Gasteiger partial charge in [0.05, 0.1) is 23.9 Å². The highest BCUT2D eigenvalue weighted by Gasteiger charge is 2.51. The maximum atomic E-state index is 14.0. The molecule has 0 spiro atoms. The van der Waals surface area contributed by atoms with E-state index in [2.05, 4.69) is 16.7 Å². The molecule has 2 aliphatic heterocycles. The predicted octanol–water partition coefficient (Wildman–Crippen LogP) is 1.88. The fourth-order valence-corrected chi connectivity index (χ4v) is 6.20. The molecule has 39 heavy (non-hydrogen) atoms. The molecule has 1 N–H and O–H groups in total. The van der Waals surface area contributed by atoms with Crippen molar-refractivity contribution in [1.82, 2.24) is 14.7 Å². The first-order chi connectivity index (χ1) is 17.9. The van der Waals surface area contributed by atoms with E-state index in [4.69, 9.17) is 18.9 Å². The van der Waals surface area contributed by atoms with Gasteiger partial charge in [-0.25, -0.2) is 0 Å². The molecular formula is C29H55N3O7. The molecule has 0 aromatic rings. The van der Waals surface area contributed by atoms with Crippen molar-refractivity contribution in [1.29, 1.82) is 0 Å². The van der Waals surface area contributed by atoms with E-state index in [9.17, 15) is 14.7 Å². The van der Waals surface area contributed by atoms with Crippen LogP contribution < -0.4 is 0 Å². The molecule has 0 aliphatic carbocycles. The smallest absolute Gasteiger partial charge is 0.319 e. The lowest BCUT2D eigenvalue weighted by Crippen LogP contribution is -2.59. The molecule has 0 unspecified atom stereocenters. The third-order valence-electron chi connectivity index (χ3n) is 8.58. The van der Waals surface area contributed by atoms with Crippen LogP contribution in [0, 0.1) is 17.3 Å². The number of carbonyl (C=O) groups is 2. The first-order valence-corrected chi connectivity index (χ1v) is 14.2. The van der Waals surface area contributed by atoms with Gasteiger partial charge in [0.15, 0.2) is 12.1 Å². The summed E-state index contributed by atoms with van der Waals surface area (Å²) in [6, 6.07) is -0.201. The lowest BCUT2D eigenvalue weighted by molar-refractivity contribution is -0.295. The molecule has 228 valence electrons. The van der Waals surface area contributed by atoms with Crippen LogP contribution in [0.1, 0.15) is 54.4 Å². The number of nitrogens with zero attached hydrogens (tertiary/aromatic N) is 3. The zero-order valence-corrected chi connectivity index (χ0v) is 26.4. The minimum Gasteiger partial charge on any atom is -0.463 e. The van der Waals surface area contributed by atoms with Crippen molar-refractivity contribution in [2.75, 3.05) is 62.0 Å². The molecule has 9 atom stereocenters. The van der Waals surface area contributed by atoms with Gasteiger partial charge in [-0.05, 0) is 81.7 Å². The Morgan fingerprint density at radius 3 is 2.26 bits per heavy atom. The third kappa shape index (κ3) is 8.21. The van der Waals surface area contributed by atoms with E-state index < -0.39 is 41.4 Å². The summed E-state index contributed by atoms with van der Waals surface area (Å²) in [6.07, 6.45) is -1.56. The lowest BCUT2D eigenvalue weighted by Gasteiger charge is -2.47. The van der Waals surface area contributed by atoms with Gasteiger partial charge in [-0.3, -0.25) is 14.5 Å². The zero-order valence-electron chi connectivity index (χ0n) is 26.4. The highest BCUT2D eigenvalue weighted by molar-refractivity contribution is 6.04. The standard InChI is InChI=1S/C29H55N3O7/c1-18-14-29(6,36-12)25(39-26-23(33)22(31(9)10)13-19(2)38-26)20(3)24(34)28(4,5)27(35)37-17-21(16-30(7)8)32(11)15-18/h18-23,25-26,33H,13-17H2,1-12H3/t18-,19-,20+,21+,22+,23-,25-,26+,29-/m1/s1. The Balaban J connectivity index is 2.53. The van der Waals surface area contributed by atoms with E-state index in [1.54, 1.807) is 27.9 Å². The Labute approximate surface area is 236 Å². The second kappa shape index (κ2) is 13.7. The second-order valence-electron chi connectivity index (χ2n) is 13.2. The third-order valence-corrected chi connectivity index (χ3v) is 8.58. The number of ketones is 1. The van der Waals surface area contributed by atoms with Crippen LogP contribution in [0.15, 0.2) is 0 Å². The zero-order chi connectivity index (χ0) is 29.9. The van der Waals surface area contributed by atoms with Crippen molar-refractivity contribution < 1.29 is 33.6 Å². The van der Waals surface area contributed by atoms with Crippen LogP contribution in [-0.4, -0.2) is 136 Å². The van der Waals surface area contributed by atoms with Crippen LogP contribution in [0.5, 0.6) is 0 Å². The van der Waals surface area contributed by atoms with Gasteiger partial charge in [-0.15, -0.1) is 0 Å². The average Bonchev–Trinajstić information content (AvgIpc) is 2.84. The number of likely N-dealkylation sites (N-methyl/N-ethyl adjacent to an activating group) is 3. The molecule has 2 saturated heterocycles. The highest BCUT2D eigenvalue weighted by Crippen LogP contribution is 2.38. The normalized spacial score (nSPS) is 39.7. The summed E-state index contributed by atoms with van der Waals surface area (Å²) in [5, 5.41) is 11.2. The van der Waals surface area contributed by atoms with E-state index in [0.29, 0.717) is 19.4 Å². The van der Waals surface area contributed by atoms with Gasteiger partial charge in [0.1, 0.15) is 18.1 Å². The molecule has 2 fully saturated rings. The Morgan fingerprint density at radius 2 is 1.72 bits per heavy atom. The fraction of sp³-hybridized carbons (Fsp3) is 0.931. The summed E-state index contributed by atoms with van der Waals surface area (Å²) >= 11 is 0. The Hall–Kier alpha value is -1.14. The number of hydrogen-bond acceptors (Lipinski definition) is 10. The van der Waals surface area contributed by atoms with Gasteiger partial charge >= 0.3 is 5.97 Å². The number of carbonyl (C=O) groups excluding carboxylic acids is 2. The van der Waals surface area contributed by atoms with E-state index in [-0.39, 0.29) is 36.5 Å². The van der Waals surface area contributed by atoms with Crippen LogP contribution in [0.25, 0.3) is 0 Å². The number of cyclic esters (lactones) is 1. The largest absolute Gasteiger partial charge is 0.463 e. The molecule has 0 amide bonds.